The zero-order valence-corrected chi connectivity index (χ0v) is 13.9. The van der Waals surface area contributed by atoms with E-state index in [1.54, 1.807) is 0 Å². The molecule has 0 fully saturated rings. The average molecular weight is 350 g/mol. The molecule has 4 N–H and O–H groups in total. The van der Waals surface area contributed by atoms with Gasteiger partial charge in [-0.3, -0.25) is 4.79 Å². The van der Waals surface area contributed by atoms with Crippen LogP contribution in [0.2, 0.25) is 0 Å². The van der Waals surface area contributed by atoms with E-state index in [0.29, 0.717) is 5.16 Å². The highest BCUT2D eigenvalue weighted by atomic mass is 32.2. The van der Waals surface area contributed by atoms with Crippen molar-refractivity contribution in [2.24, 2.45) is 0 Å². The molecule has 8 heteroatoms. The van der Waals surface area contributed by atoms with Crippen molar-refractivity contribution in [3.05, 3.63) is 48.5 Å². The van der Waals surface area contributed by atoms with Crippen molar-refractivity contribution < 1.29 is 4.79 Å². The number of aromatic nitrogens is 4. The van der Waals surface area contributed by atoms with Gasteiger partial charge in [0.15, 0.2) is 0 Å². The SMILES string of the molecule is Nc1nc(SCC(=O)Nc2c3ccccc3nc3ccccc23)n[nH]1. The highest BCUT2D eigenvalue weighted by Crippen LogP contribution is 2.30. The lowest BCUT2D eigenvalue weighted by Crippen LogP contribution is -2.15. The number of benzene rings is 2. The molecule has 2 heterocycles. The summed E-state index contributed by atoms with van der Waals surface area (Å²) in [6, 6.07) is 15.5. The summed E-state index contributed by atoms with van der Waals surface area (Å²) in [6.07, 6.45) is 0. The molecule has 0 aliphatic rings. The molecule has 0 radical (unpaired) electrons. The van der Waals surface area contributed by atoms with Crippen molar-refractivity contribution in [2.75, 3.05) is 16.8 Å². The quantitative estimate of drug-likeness (QED) is 0.386. The molecule has 1 amide bonds. The predicted octanol–water partition coefficient (Wildman–Crippen LogP) is 2.82. The van der Waals surface area contributed by atoms with Gasteiger partial charge in [0.2, 0.25) is 17.0 Å². The van der Waals surface area contributed by atoms with E-state index in [1.165, 1.54) is 11.8 Å². The monoisotopic (exact) mass is 350 g/mol. The fourth-order valence-electron chi connectivity index (χ4n) is 2.60. The second-order valence-electron chi connectivity index (χ2n) is 5.36. The molecule has 0 aliphatic heterocycles. The fraction of sp³-hybridized carbons (Fsp3) is 0.0588. The maximum absolute atomic E-state index is 12.4. The summed E-state index contributed by atoms with van der Waals surface area (Å²) in [4.78, 5) is 21.1. The third-order valence-corrected chi connectivity index (χ3v) is 4.51. The number of H-pyrrole nitrogens is 1. The number of nitrogens with one attached hydrogen (secondary N) is 2. The van der Waals surface area contributed by atoms with Gasteiger partial charge in [0, 0.05) is 10.8 Å². The number of rotatable bonds is 4. The van der Waals surface area contributed by atoms with E-state index in [0.717, 1.165) is 27.5 Å². The second kappa shape index (κ2) is 6.40. The molecule has 7 nitrogen and oxygen atoms in total. The number of hydrogen-bond acceptors (Lipinski definition) is 6. The summed E-state index contributed by atoms with van der Waals surface area (Å²) >= 11 is 1.22. The van der Waals surface area contributed by atoms with E-state index in [1.807, 2.05) is 48.5 Å². The van der Waals surface area contributed by atoms with Crippen LogP contribution in [0.25, 0.3) is 21.8 Å². The highest BCUT2D eigenvalue weighted by Gasteiger charge is 2.12. The van der Waals surface area contributed by atoms with Crippen molar-refractivity contribution in [3.63, 3.8) is 0 Å². The van der Waals surface area contributed by atoms with Gasteiger partial charge in [-0.1, -0.05) is 48.2 Å². The van der Waals surface area contributed by atoms with Crippen molar-refractivity contribution >= 4 is 51.1 Å². The molecular formula is C17H14N6OS. The highest BCUT2D eigenvalue weighted by molar-refractivity contribution is 7.99. The molecule has 124 valence electrons. The summed E-state index contributed by atoms with van der Waals surface area (Å²) in [6.45, 7) is 0. The van der Waals surface area contributed by atoms with Crippen LogP contribution in [0, 0.1) is 0 Å². The lowest BCUT2D eigenvalue weighted by molar-refractivity contribution is -0.113. The summed E-state index contributed by atoms with van der Waals surface area (Å²) in [7, 11) is 0. The first-order valence-corrected chi connectivity index (χ1v) is 8.57. The normalized spacial score (nSPS) is 11.0. The number of thioether (sulfide) groups is 1. The number of carbonyl (C=O) groups is 1. The molecule has 0 aliphatic carbocycles. The van der Waals surface area contributed by atoms with Crippen LogP contribution in [-0.4, -0.2) is 31.8 Å². The first kappa shape index (κ1) is 15.4. The summed E-state index contributed by atoms with van der Waals surface area (Å²) in [5.74, 6) is 0.270. The van der Waals surface area contributed by atoms with E-state index in [2.05, 4.69) is 25.5 Å². The van der Waals surface area contributed by atoms with Gasteiger partial charge < -0.3 is 11.1 Å². The van der Waals surface area contributed by atoms with Crippen LogP contribution >= 0.6 is 11.8 Å². The van der Waals surface area contributed by atoms with E-state index >= 15 is 0 Å². The molecule has 0 atom stereocenters. The van der Waals surface area contributed by atoms with Gasteiger partial charge in [0.05, 0.1) is 22.5 Å². The lowest BCUT2D eigenvalue weighted by Gasteiger charge is -2.11. The number of carbonyl (C=O) groups excluding carboxylic acids is 1. The Hall–Kier alpha value is -3.13. The van der Waals surface area contributed by atoms with Gasteiger partial charge >= 0.3 is 0 Å². The Labute approximate surface area is 147 Å². The minimum Gasteiger partial charge on any atom is -0.368 e. The lowest BCUT2D eigenvalue weighted by atomic mass is 10.1. The molecule has 0 bridgehead atoms. The van der Waals surface area contributed by atoms with Crippen LogP contribution in [0.5, 0.6) is 0 Å². The van der Waals surface area contributed by atoms with Crippen LogP contribution in [0.4, 0.5) is 11.6 Å². The summed E-state index contributed by atoms with van der Waals surface area (Å²) in [5, 5.41) is 11.7. The van der Waals surface area contributed by atoms with Gasteiger partial charge in [-0.25, -0.2) is 10.1 Å². The van der Waals surface area contributed by atoms with Crippen molar-refractivity contribution in [1.29, 1.82) is 0 Å². The van der Waals surface area contributed by atoms with Crippen molar-refractivity contribution in [1.82, 2.24) is 20.2 Å². The number of fused-ring (bicyclic) bond motifs is 2. The minimum atomic E-state index is -0.144. The standard InChI is InChI=1S/C17H14N6OS/c18-16-21-17(23-22-16)25-9-14(24)20-15-10-5-1-3-7-12(10)19-13-8-4-2-6-11(13)15/h1-8H,9H2,(H,19,20,24)(H3,18,21,22,23). The fourth-order valence-corrected chi connectivity index (χ4v) is 3.21. The zero-order valence-electron chi connectivity index (χ0n) is 13.1. The molecule has 0 unspecified atom stereocenters. The smallest absolute Gasteiger partial charge is 0.234 e. The molecule has 4 rings (SSSR count). The summed E-state index contributed by atoms with van der Waals surface area (Å²) < 4.78 is 0. The Kier molecular flexibility index (Phi) is 3.95. The van der Waals surface area contributed by atoms with Crippen LogP contribution in [0.15, 0.2) is 53.7 Å². The van der Waals surface area contributed by atoms with Crippen molar-refractivity contribution in [2.45, 2.75) is 5.16 Å². The number of aromatic amines is 1. The molecule has 2 aromatic heterocycles. The minimum absolute atomic E-state index is 0.144. The number of nitrogen functional groups attached to an aromatic ring is 1. The van der Waals surface area contributed by atoms with Gasteiger partial charge in [0.25, 0.3) is 0 Å². The Morgan fingerprint density at radius 1 is 1.04 bits per heavy atom. The summed E-state index contributed by atoms with van der Waals surface area (Å²) in [5.41, 5.74) is 7.93. The maximum Gasteiger partial charge on any atom is 0.234 e. The van der Waals surface area contributed by atoms with Crippen LogP contribution in [0.1, 0.15) is 0 Å². The third-order valence-electron chi connectivity index (χ3n) is 3.67. The molecule has 25 heavy (non-hydrogen) atoms. The molecule has 0 saturated heterocycles. The van der Waals surface area contributed by atoms with Crippen molar-refractivity contribution in [3.8, 4) is 0 Å². The van der Waals surface area contributed by atoms with E-state index in [4.69, 9.17) is 5.73 Å². The van der Waals surface area contributed by atoms with E-state index in [9.17, 15) is 4.79 Å². The Bertz CT molecular complexity index is 1020. The average Bonchev–Trinajstić information content (AvgIpc) is 3.05. The number of anilines is 2. The first-order chi connectivity index (χ1) is 12.2. The molecular weight excluding hydrogens is 336 g/mol. The first-order valence-electron chi connectivity index (χ1n) is 7.59. The molecule has 0 saturated carbocycles. The zero-order chi connectivity index (χ0) is 17.2. The van der Waals surface area contributed by atoms with E-state index in [-0.39, 0.29) is 17.6 Å². The maximum atomic E-state index is 12.4. The number of nitrogens with zero attached hydrogens (tertiary/aromatic N) is 3. The number of nitrogens with two attached hydrogens (primary N) is 1. The van der Waals surface area contributed by atoms with E-state index < -0.39 is 0 Å². The number of hydrogen-bond donors (Lipinski definition) is 3. The van der Waals surface area contributed by atoms with Gasteiger partial charge in [-0.15, -0.1) is 5.10 Å². The number of amides is 1. The molecule has 0 spiro atoms. The second-order valence-corrected chi connectivity index (χ2v) is 6.30. The number of pyridine rings is 1. The van der Waals surface area contributed by atoms with Gasteiger partial charge in [-0.05, 0) is 12.1 Å². The van der Waals surface area contributed by atoms with Crippen LogP contribution < -0.4 is 11.1 Å². The Balaban J connectivity index is 1.65. The molecule has 4 aromatic rings. The van der Waals surface area contributed by atoms with Gasteiger partial charge in [0.1, 0.15) is 0 Å². The van der Waals surface area contributed by atoms with Gasteiger partial charge in [-0.2, -0.15) is 4.98 Å². The third kappa shape index (κ3) is 3.11. The largest absolute Gasteiger partial charge is 0.368 e. The van der Waals surface area contributed by atoms with Crippen LogP contribution in [-0.2, 0) is 4.79 Å². The molecule has 2 aromatic carbocycles. The number of para-hydroxylation sites is 2. The Morgan fingerprint density at radius 3 is 2.28 bits per heavy atom. The van der Waals surface area contributed by atoms with Crippen LogP contribution in [0.3, 0.4) is 0 Å². The Morgan fingerprint density at radius 2 is 1.68 bits per heavy atom. The predicted molar refractivity (Wildman–Crippen MR) is 99.4 cm³/mol. The topological polar surface area (TPSA) is 110 Å².